The number of hydrogen-bond acceptors (Lipinski definition) is 5. The van der Waals surface area contributed by atoms with Gasteiger partial charge in [0.25, 0.3) is 0 Å². The largest absolute Gasteiger partial charge is 0.356 e. The number of rotatable bonds is 4. The average molecular weight is 418 g/mol. The van der Waals surface area contributed by atoms with Crippen LogP contribution < -0.4 is 0 Å². The zero-order valence-corrected chi connectivity index (χ0v) is 18.7. The lowest BCUT2D eigenvalue weighted by Gasteiger charge is -2.39. The minimum atomic E-state index is 0.000266. The zero-order valence-electron chi connectivity index (χ0n) is 18.7. The normalized spacial score (nSPS) is 22.8. The van der Waals surface area contributed by atoms with Crippen molar-refractivity contribution in [2.24, 2.45) is 0 Å². The van der Waals surface area contributed by atoms with Gasteiger partial charge in [-0.25, -0.2) is 14.6 Å². The van der Waals surface area contributed by atoms with Crippen molar-refractivity contribution in [2.75, 3.05) is 6.61 Å². The number of nitrogens with zero attached hydrogens (tertiary/aromatic N) is 5. The second-order valence-electron chi connectivity index (χ2n) is 8.84. The van der Waals surface area contributed by atoms with E-state index in [-0.39, 0.29) is 6.23 Å². The van der Waals surface area contributed by atoms with Crippen LogP contribution in [0.25, 0.3) is 11.4 Å². The van der Waals surface area contributed by atoms with E-state index in [4.69, 9.17) is 14.7 Å². The van der Waals surface area contributed by atoms with Crippen LogP contribution in [-0.2, 0) is 17.7 Å². The third-order valence-corrected chi connectivity index (χ3v) is 6.72. The Balaban J connectivity index is 1.50. The van der Waals surface area contributed by atoms with E-state index < -0.39 is 0 Å². The first-order valence-electron chi connectivity index (χ1n) is 11.4. The van der Waals surface area contributed by atoms with Crippen LogP contribution in [0.1, 0.15) is 68.0 Å². The van der Waals surface area contributed by atoms with Gasteiger partial charge >= 0.3 is 0 Å². The maximum atomic E-state index is 6.03. The van der Waals surface area contributed by atoms with Crippen LogP contribution >= 0.6 is 0 Å². The Morgan fingerprint density at radius 2 is 1.94 bits per heavy atom. The molecule has 162 valence electrons. The van der Waals surface area contributed by atoms with Gasteiger partial charge in [0.15, 0.2) is 6.23 Å². The number of ether oxygens (including phenoxy) is 1. The van der Waals surface area contributed by atoms with Gasteiger partial charge in [0.05, 0.1) is 17.1 Å². The zero-order chi connectivity index (χ0) is 21.4. The van der Waals surface area contributed by atoms with E-state index in [9.17, 15) is 0 Å². The van der Waals surface area contributed by atoms with Crippen LogP contribution in [0.15, 0.2) is 42.6 Å². The quantitative estimate of drug-likeness (QED) is 0.607. The molecule has 3 aromatic rings. The highest BCUT2D eigenvalue weighted by molar-refractivity contribution is 5.61. The Morgan fingerprint density at radius 3 is 2.71 bits per heavy atom. The van der Waals surface area contributed by atoms with Crippen molar-refractivity contribution >= 4 is 0 Å². The van der Waals surface area contributed by atoms with Crippen molar-refractivity contribution in [3.63, 3.8) is 0 Å². The van der Waals surface area contributed by atoms with Crippen molar-refractivity contribution in [3.8, 4) is 11.4 Å². The maximum Gasteiger partial charge on any atom is 0.150 e. The molecular weight excluding hydrogens is 386 g/mol. The number of aryl methyl sites for hydroxylation is 1. The number of aromatic nitrogens is 4. The molecule has 2 aromatic heterocycles. The van der Waals surface area contributed by atoms with Gasteiger partial charge in [-0.15, -0.1) is 0 Å². The molecule has 0 bridgehead atoms. The van der Waals surface area contributed by atoms with E-state index in [0.717, 1.165) is 55.3 Å². The van der Waals surface area contributed by atoms with Crippen LogP contribution in [0.2, 0.25) is 0 Å². The fourth-order valence-electron chi connectivity index (χ4n) is 5.04. The predicted molar refractivity (Wildman–Crippen MR) is 120 cm³/mol. The molecule has 4 heterocycles. The van der Waals surface area contributed by atoms with E-state index in [1.165, 1.54) is 17.5 Å². The minimum Gasteiger partial charge on any atom is -0.356 e. The van der Waals surface area contributed by atoms with Crippen LogP contribution in [0.3, 0.4) is 0 Å². The molecule has 2 unspecified atom stereocenters. The molecule has 3 atom stereocenters. The van der Waals surface area contributed by atoms with Gasteiger partial charge < -0.3 is 4.74 Å². The smallest absolute Gasteiger partial charge is 0.150 e. The fraction of sp³-hybridized carbons (Fsp3) is 0.480. The molecule has 0 radical (unpaired) electrons. The highest BCUT2D eigenvalue weighted by Crippen LogP contribution is 2.36. The van der Waals surface area contributed by atoms with E-state index in [1.807, 2.05) is 17.8 Å². The molecule has 0 amide bonds. The molecule has 6 heteroatoms. The summed E-state index contributed by atoms with van der Waals surface area (Å²) in [5, 5.41) is 4.62. The monoisotopic (exact) mass is 417 g/mol. The van der Waals surface area contributed by atoms with Crippen molar-refractivity contribution < 1.29 is 4.74 Å². The predicted octanol–water partition coefficient (Wildman–Crippen LogP) is 4.86. The van der Waals surface area contributed by atoms with Crippen LogP contribution in [-0.4, -0.2) is 37.3 Å². The Morgan fingerprint density at radius 1 is 1.10 bits per heavy atom. The number of fused-ring (bicyclic) bond motifs is 1. The van der Waals surface area contributed by atoms with Crippen LogP contribution in [0.4, 0.5) is 0 Å². The number of hydrogen-bond donors (Lipinski definition) is 0. The van der Waals surface area contributed by atoms with Crippen molar-refractivity contribution in [1.29, 1.82) is 0 Å². The Labute approximate surface area is 184 Å². The molecule has 1 aromatic carbocycles. The molecule has 2 aliphatic heterocycles. The van der Waals surface area contributed by atoms with Gasteiger partial charge in [-0.1, -0.05) is 30.3 Å². The fourth-order valence-corrected chi connectivity index (χ4v) is 5.04. The molecule has 0 N–H and O–H groups in total. The third-order valence-electron chi connectivity index (χ3n) is 6.72. The summed E-state index contributed by atoms with van der Waals surface area (Å²) in [5.41, 5.74) is 5.81. The van der Waals surface area contributed by atoms with Gasteiger partial charge in [0, 0.05) is 37.0 Å². The molecule has 0 spiro atoms. The maximum absolute atomic E-state index is 6.03. The SMILES string of the molecule is Cc1nc2c(c(-c3ccnn3[C@H]3CCCCO3)n1)CC(C)N(C(C)c1ccccc1)C2. The summed E-state index contributed by atoms with van der Waals surface area (Å²) in [5.74, 6) is 0.813. The molecule has 1 saturated heterocycles. The summed E-state index contributed by atoms with van der Waals surface area (Å²) in [6.45, 7) is 8.23. The molecular formula is C25H31N5O. The third kappa shape index (κ3) is 3.90. The van der Waals surface area contributed by atoms with Gasteiger partial charge in [-0.05, 0) is 58.1 Å². The van der Waals surface area contributed by atoms with Crippen LogP contribution in [0.5, 0.6) is 0 Å². The van der Waals surface area contributed by atoms with Crippen molar-refractivity contribution in [3.05, 3.63) is 65.2 Å². The summed E-state index contributed by atoms with van der Waals surface area (Å²) in [6.07, 6.45) is 6.10. The average Bonchev–Trinajstić information content (AvgIpc) is 3.29. The Bertz CT molecular complexity index is 1040. The lowest BCUT2D eigenvalue weighted by Crippen LogP contribution is -2.41. The molecule has 5 rings (SSSR count). The number of benzene rings is 1. The van der Waals surface area contributed by atoms with Crippen molar-refractivity contribution in [1.82, 2.24) is 24.6 Å². The molecule has 31 heavy (non-hydrogen) atoms. The topological polar surface area (TPSA) is 56.1 Å². The molecule has 1 fully saturated rings. The summed E-state index contributed by atoms with van der Waals surface area (Å²) in [7, 11) is 0. The van der Waals surface area contributed by atoms with E-state index in [1.54, 1.807) is 0 Å². The van der Waals surface area contributed by atoms with Gasteiger partial charge in [-0.2, -0.15) is 5.10 Å². The minimum absolute atomic E-state index is 0.000266. The second-order valence-corrected chi connectivity index (χ2v) is 8.84. The highest BCUT2D eigenvalue weighted by Gasteiger charge is 2.32. The standard InChI is InChI=1S/C25H31N5O/c1-17-15-21-22(16-29(17)18(2)20-9-5-4-6-10-20)27-19(3)28-25(21)23-12-13-26-30(23)24-11-7-8-14-31-24/h4-6,9-10,12-13,17-18,24H,7-8,11,14-16H2,1-3H3/t17?,18?,24-/m1/s1. The molecule has 6 nitrogen and oxygen atoms in total. The molecule has 0 saturated carbocycles. The van der Waals surface area contributed by atoms with Crippen molar-refractivity contribution in [2.45, 2.75) is 71.3 Å². The summed E-state index contributed by atoms with van der Waals surface area (Å²) < 4.78 is 8.06. The van der Waals surface area contributed by atoms with E-state index in [2.05, 4.69) is 60.2 Å². The highest BCUT2D eigenvalue weighted by atomic mass is 16.5. The van der Waals surface area contributed by atoms with Gasteiger partial charge in [0.2, 0.25) is 0 Å². The lowest BCUT2D eigenvalue weighted by molar-refractivity contribution is -0.0384. The van der Waals surface area contributed by atoms with Gasteiger partial charge in [0.1, 0.15) is 5.82 Å². The first-order valence-corrected chi connectivity index (χ1v) is 11.4. The molecule has 2 aliphatic rings. The van der Waals surface area contributed by atoms with Gasteiger partial charge in [-0.3, -0.25) is 4.90 Å². The van der Waals surface area contributed by atoms with E-state index in [0.29, 0.717) is 12.1 Å². The van der Waals surface area contributed by atoms with Crippen LogP contribution in [0, 0.1) is 6.92 Å². The first kappa shape index (κ1) is 20.3. The summed E-state index contributed by atoms with van der Waals surface area (Å²) >= 11 is 0. The second kappa shape index (κ2) is 8.52. The van der Waals surface area contributed by atoms with E-state index >= 15 is 0 Å². The Kier molecular flexibility index (Phi) is 5.59. The summed E-state index contributed by atoms with van der Waals surface area (Å²) in [4.78, 5) is 12.3. The Hall–Kier alpha value is -2.57. The molecule has 0 aliphatic carbocycles. The first-order chi connectivity index (χ1) is 15.1. The lowest BCUT2D eigenvalue weighted by atomic mass is 9.93. The summed E-state index contributed by atoms with van der Waals surface area (Å²) in [6, 6.07) is 13.6.